The highest BCUT2D eigenvalue weighted by Gasteiger charge is 2.34. The van der Waals surface area contributed by atoms with Crippen LogP contribution < -0.4 is 4.74 Å². The molecule has 2 aromatic heterocycles. The molecule has 0 amide bonds. The summed E-state index contributed by atoms with van der Waals surface area (Å²) in [5.41, 5.74) is 6.13. The smallest absolute Gasteiger partial charge is 0.311 e. The van der Waals surface area contributed by atoms with E-state index in [1.807, 2.05) is 56.1 Å². The van der Waals surface area contributed by atoms with E-state index in [9.17, 15) is 4.79 Å². The Bertz CT molecular complexity index is 1410. The number of ether oxygens (including phenoxy) is 2. The van der Waals surface area contributed by atoms with Gasteiger partial charge in [0.05, 0.1) is 18.2 Å². The fourth-order valence-electron chi connectivity index (χ4n) is 5.02. The highest BCUT2D eigenvalue weighted by atomic mass is 32.2. The molecule has 0 N–H and O–H groups in total. The monoisotopic (exact) mass is 500 g/mol. The number of benzene rings is 2. The van der Waals surface area contributed by atoms with E-state index in [2.05, 4.69) is 53.9 Å². The third-order valence-electron chi connectivity index (χ3n) is 6.97. The van der Waals surface area contributed by atoms with Crippen LogP contribution in [0.1, 0.15) is 37.7 Å². The first-order chi connectivity index (χ1) is 17.3. The molecule has 3 heterocycles. The maximum absolute atomic E-state index is 12.4. The maximum atomic E-state index is 12.4. The Hall–Kier alpha value is -3.25. The van der Waals surface area contributed by atoms with E-state index in [1.165, 1.54) is 34.2 Å². The number of methoxy groups -OCH3 is 1. The first-order valence-corrected chi connectivity index (χ1v) is 13.2. The Morgan fingerprint density at radius 3 is 2.58 bits per heavy atom. The highest BCUT2D eigenvalue weighted by Crippen LogP contribution is 2.47. The molecule has 2 aromatic carbocycles. The average molecular weight is 501 g/mol. The van der Waals surface area contributed by atoms with Crippen LogP contribution in [0.2, 0.25) is 0 Å². The number of pyridine rings is 1. The number of nitrogens with zero attached hydrogens (tertiary/aromatic N) is 2. The summed E-state index contributed by atoms with van der Waals surface area (Å²) in [5.74, 6) is 0.720. The molecule has 1 aliphatic heterocycles. The topological polar surface area (TPSA) is 53.4 Å². The molecule has 0 bridgehead atoms. The molecule has 1 atom stereocenters. The maximum Gasteiger partial charge on any atom is 0.311 e. The van der Waals surface area contributed by atoms with Gasteiger partial charge in [-0.3, -0.25) is 9.78 Å². The highest BCUT2D eigenvalue weighted by molar-refractivity contribution is 8.00. The molecule has 186 valence electrons. The number of thioether (sulfide) groups is 1. The van der Waals surface area contributed by atoms with Gasteiger partial charge in [0.1, 0.15) is 12.4 Å². The number of carbonyl (C=O) groups excluding carboxylic acids is 1. The lowest BCUT2D eigenvalue weighted by molar-refractivity contribution is -0.150. The minimum absolute atomic E-state index is 0.191. The van der Waals surface area contributed by atoms with Gasteiger partial charge in [-0.15, -0.1) is 11.8 Å². The lowest BCUT2D eigenvalue weighted by Crippen LogP contribution is -2.29. The van der Waals surface area contributed by atoms with Crippen molar-refractivity contribution in [1.82, 2.24) is 9.55 Å². The minimum atomic E-state index is -0.605. The summed E-state index contributed by atoms with van der Waals surface area (Å²) >= 11 is 1.89. The Morgan fingerprint density at radius 1 is 1.11 bits per heavy atom. The molecule has 0 radical (unpaired) electrons. The number of esters is 1. The molecule has 36 heavy (non-hydrogen) atoms. The molecule has 0 fully saturated rings. The molecule has 0 saturated carbocycles. The number of carbonyl (C=O) groups is 1. The molecule has 0 saturated heterocycles. The summed E-state index contributed by atoms with van der Waals surface area (Å²) < 4.78 is 13.7. The zero-order chi connectivity index (χ0) is 25.4. The van der Waals surface area contributed by atoms with Crippen LogP contribution in [0.5, 0.6) is 5.75 Å². The van der Waals surface area contributed by atoms with Crippen LogP contribution in [0.15, 0.2) is 65.7 Å². The van der Waals surface area contributed by atoms with E-state index in [-0.39, 0.29) is 5.97 Å². The summed E-state index contributed by atoms with van der Waals surface area (Å²) in [6.45, 7) is 6.57. The van der Waals surface area contributed by atoms with Crippen LogP contribution in [-0.4, -0.2) is 27.9 Å². The fourth-order valence-corrected chi connectivity index (χ4v) is 6.36. The SMILES string of the molecule is COC(=O)C(C)(C)Cc1c2c3c(c(OCc4ccc(-c5ccccc5)cn4)ccc3n1C)CC(C)S2. The zero-order valence-corrected chi connectivity index (χ0v) is 22.3. The molecule has 4 aromatic rings. The van der Waals surface area contributed by atoms with E-state index in [4.69, 9.17) is 9.47 Å². The van der Waals surface area contributed by atoms with Gasteiger partial charge < -0.3 is 14.0 Å². The number of rotatable bonds is 7. The molecule has 5 rings (SSSR count). The quantitative estimate of drug-likeness (QED) is 0.268. The third kappa shape index (κ3) is 4.50. The van der Waals surface area contributed by atoms with Gasteiger partial charge in [0.2, 0.25) is 0 Å². The minimum Gasteiger partial charge on any atom is -0.487 e. The number of hydrogen-bond acceptors (Lipinski definition) is 5. The van der Waals surface area contributed by atoms with Crippen molar-refractivity contribution >= 4 is 28.6 Å². The molecule has 5 nitrogen and oxygen atoms in total. The van der Waals surface area contributed by atoms with Crippen LogP contribution in [0, 0.1) is 5.41 Å². The van der Waals surface area contributed by atoms with Crippen molar-refractivity contribution < 1.29 is 14.3 Å². The fraction of sp³-hybridized carbons (Fsp3) is 0.333. The van der Waals surface area contributed by atoms with Gasteiger partial charge >= 0.3 is 5.97 Å². The number of aromatic nitrogens is 2. The van der Waals surface area contributed by atoms with Gasteiger partial charge in [-0.05, 0) is 44.0 Å². The summed E-state index contributed by atoms with van der Waals surface area (Å²) in [6, 6.07) is 18.6. The van der Waals surface area contributed by atoms with Crippen LogP contribution in [-0.2, 0) is 36.0 Å². The third-order valence-corrected chi connectivity index (χ3v) is 8.21. The molecular weight excluding hydrogens is 468 g/mol. The summed E-state index contributed by atoms with van der Waals surface area (Å²) in [5, 5.41) is 1.66. The molecule has 6 heteroatoms. The van der Waals surface area contributed by atoms with Crippen molar-refractivity contribution in [1.29, 1.82) is 0 Å². The summed E-state index contributed by atoms with van der Waals surface area (Å²) in [4.78, 5) is 18.3. The predicted molar refractivity (Wildman–Crippen MR) is 145 cm³/mol. The van der Waals surface area contributed by atoms with E-state index >= 15 is 0 Å². The molecular formula is C30H32N2O3S. The largest absolute Gasteiger partial charge is 0.487 e. The van der Waals surface area contributed by atoms with E-state index < -0.39 is 5.41 Å². The Labute approximate surface area is 216 Å². The van der Waals surface area contributed by atoms with Crippen LogP contribution >= 0.6 is 11.8 Å². The van der Waals surface area contributed by atoms with Gasteiger partial charge in [-0.1, -0.05) is 43.3 Å². The van der Waals surface area contributed by atoms with Crippen molar-refractivity contribution in [2.45, 2.75) is 50.4 Å². The van der Waals surface area contributed by atoms with Crippen molar-refractivity contribution in [2.24, 2.45) is 12.5 Å². The zero-order valence-electron chi connectivity index (χ0n) is 21.5. The van der Waals surface area contributed by atoms with Crippen LogP contribution in [0.3, 0.4) is 0 Å². The predicted octanol–water partition coefficient (Wildman–Crippen LogP) is 6.60. The second kappa shape index (κ2) is 9.66. The first kappa shape index (κ1) is 24.4. The Morgan fingerprint density at radius 2 is 1.89 bits per heavy atom. The lowest BCUT2D eigenvalue weighted by atomic mass is 9.87. The summed E-state index contributed by atoms with van der Waals surface area (Å²) in [6.07, 6.45) is 3.46. The Kier molecular flexibility index (Phi) is 6.56. The molecule has 1 unspecified atom stereocenters. The lowest BCUT2D eigenvalue weighted by Gasteiger charge is -2.25. The van der Waals surface area contributed by atoms with E-state index in [1.54, 1.807) is 0 Å². The summed E-state index contributed by atoms with van der Waals surface area (Å²) in [7, 11) is 3.55. The van der Waals surface area contributed by atoms with Crippen LogP contribution in [0.4, 0.5) is 0 Å². The molecule has 0 spiro atoms. The molecule has 1 aliphatic rings. The first-order valence-electron chi connectivity index (χ1n) is 12.3. The van der Waals surface area contributed by atoms with E-state index in [0.29, 0.717) is 18.3 Å². The van der Waals surface area contributed by atoms with Gasteiger partial charge in [-0.2, -0.15) is 0 Å². The van der Waals surface area contributed by atoms with Crippen LogP contribution in [0.25, 0.3) is 22.0 Å². The average Bonchev–Trinajstić information content (AvgIpc) is 3.14. The van der Waals surface area contributed by atoms with Gasteiger partial charge in [0.15, 0.2) is 0 Å². The molecule has 0 aliphatic carbocycles. The van der Waals surface area contributed by atoms with Crippen molar-refractivity contribution in [3.8, 4) is 16.9 Å². The normalized spacial score (nSPS) is 15.2. The second-order valence-corrected chi connectivity index (χ2v) is 11.6. The van der Waals surface area contributed by atoms with Gasteiger partial charge in [0.25, 0.3) is 0 Å². The van der Waals surface area contributed by atoms with E-state index in [0.717, 1.165) is 29.0 Å². The number of hydrogen-bond donors (Lipinski definition) is 0. The van der Waals surface area contributed by atoms with Gasteiger partial charge in [0, 0.05) is 57.5 Å². The number of aryl methyl sites for hydroxylation is 1. The van der Waals surface area contributed by atoms with Crippen molar-refractivity contribution in [3.05, 3.63) is 77.7 Å². The standard InChI is InChI=1S/C30H32N2O3S/c1-19-15-23-26(35-18-22-12-11-21(17-31-22)20-9-7-6-8-10-20)14-13-24-27(23)28(36-19)25(32(24)4)16-30(2,3)29(33)34-5/h6-14,17,19H,15-16,18H2,1-5H3. The van der Waals surface area contributed by atoms with Crippen molar-refractivity contribution in [2.75, 3.05) is 7.11 Å². The Balaban J connectivity index is 1.44. The van der Waals surface area contributed by atoms with Gasteiger partial charge in [-0.25, -0.2) is 0 Å². The second-order valence-electron chi connectivity index (χ2n) is 10.1. The van der Waals surface area contributed by atoms with Crippen molar-refractivity contribution in [3.63, 3.8) is 0 Å².